The molecule has 0 atom stereocenters. The number of rotatable bonds is 4. The average molecular weight is 232 g/mol. The topological polar surface area (TPSA) is 90.2 Å². The van der Waals surface area contributed by atoms with E-state index >= 15 is 0 Å². The number of hydrogen-bond acceptors (Lipinski definition) is 3. The summed E-state index contributed by atoms with van der Waals surface area (Å²) in [7, 11) is 0. The predicted molar refractivity (Wildman–Crippen MR) is 61.4 cm³/mol. The SMILES string of the molecule is Cc1cccc(NC(=O)CCC(=O)O)c1C#N. The van der Waals surface area contributed by atoms with Crippen LogP contribution in [0.5, 0.6) is 0 Å². The van der Waals surface area contributed by atoms with Crippen LogP contribution in [0.15, 0.2) is 18.2 Å². The zero-order valence-electron chi connectivity index (χ0n) is 9.36. The molecule has 1 rings (SSSR count). The number of nitrogens with zero attached hydrogens (tertiary/aromatic N) is 1. The molecule has 5 nitrogen and oxygen atoms in total. The molecular weight excluding hydrogens is 220 g/mol. The fourth-order valence-electron chi connectivity index (χ4n) is 1.35. The Hall–Kier alpha value is -2.35. The first-order valence-corrected chi connectivity index (χ1v) is 5.06. The van der Waals surface area contributed by atoms with Gasteiger partial charge >= 0.3 is 5.97 Å². The van der Waals surface area contributed by atoms with E-state index in [2.05, 4.69) is 5.32 Å². The maximum Gasteiger partial charge on any atom is 0.303 e. The second-order valence-electron chi connectivity index (χ2n) is 3.55. The van der Waals surface area contributed by atoms with Gasteiger partial charge in [-0.25, -0.2) is 0 Å². The van der Waals surface area contributed by atoms with Crippen molar-refractivity contribution >= 4 is 17.6 Å². The van der Waals surface area contributed by atoms with Crippen LogP contribution in [-0.2, 0) is 9.59 Å². The molecule has 0 bridgehead atoms. The highest BCUT2D eigenvalue weighted by Crippen LogP contribution is 2.18. The van der Waals surface area contributed by atoms with Crippen LogP contribution in [0, 0.1) is 18.3 Å². The Balaban J connectivity index is 2.75. The van der Waals surface area contributed by atoms with Crippen molar-refractivity contribution in [1.82, 2.24) is 0 Å². The molecule has 1 aromatic rings. The summed E-state index contributed by atoms with van der Waals surface area (Å²) in [5.41, 5.74) is 1.59. The molecule has 2 N–H and O–H groups in total. The van der Waals surface area contributed by atoms with Gasteiger partial charge in [0.15, 0.2) is 0 Å². The van der Waals surface area contributed by atoms with E-state index in [1.54, 1.807) is 25.1 Å². The second-order valence-corrected chi connectivity index (χ2v) is 3.55. The molecule has 0 saturated heterocycles. The highest BCUT2D eigenvalue weighted by molar-refractivity contribution is 5.93. The van der Waals surface area contributed by atoms with E-state index in [9.17, 15) is 9.59 Å². The standard InChI is InChI=1S/C12H12N2O3/c1-8-3-2-4-10(9(8)7-13)14-11(15)5-6-12(16)17/h2-4H,5-6H2,1H3,(H,14,15)(H,16,17). The molecule has 0 aliphatic heterocycles. The first kappa shape index (κ1) is 12.7. The third-order valence-corrected chi connectivity index (χ3v) is 2.22. The average Bonchev–Trinajstić information content (AvgIpc) is 2.27. The number of anilines is 1. The van der Waals surface area contributed by atoms with Gasteiger partial charge < -0.3 is 10.4 Å². The van der Waals surface area contributed by atoms with Crippen LogP contribution in [0.1, 0.15) is 24.0 Å². The molecule has 88 valence electrons. The first-order valence-electron chi connectivity index (χ1n) is 5.06. The predicted octanol–water partition coefficient (Wildman–Crippen LogP) is 1.67. The summed E-state index contributed by atoms with van der Waals surface area (Å²) < 4.78 is 0. The van der Waals surface area contributed by atoms with Crippen molar-refractivity contribution in [2.24, 2.45) is 0 Å². The molecule has 0 heterocycles. The van der Waals surface area contributed by atoms with Crippen LogP contribution < -0.4 is 5.32 Å². The van der Waals surface area contributed by atoms with E-state index < -0.39 is 11.9 Å². The minimum Gasteiger partial charge on any atom is -0.481 e. The van der Waals surface area contributed by atoms with Crippen molar-refractivity contribution in [3.05, 3.63) is 29.3 Å². The summed E-state index contributed by atoms with van der Waals surface area (Å²) in [5, 5.41) is 19.9. The molecule has 17 heavy (non-hydrogen) atoms. The number of aryl methyl sites for hydroxylation is 1. The summed E-state index contributed by atoms with van der Waals surface area (Å²) in [6.07, 6.45) is -0.326. The fraction of sp³-hybridized carbons (Fsp3) is 0.250. The van der Waals surface area contributed by atoms with Crippen LogP contribution in [0.2, 0.25) is 0 Å². The third kappa shape index (κ3) is 3.61. The normalized spacial score (nSPS) is 9.41. The largest absolute Gasteiger partial charge is 0.481 e. The van der Waals surface area contributed by atoms with E-state index in [1.807, 2.05) is 6.07 Å². The Morgan fingerprint density at radius 3 is 2.71 bits per heavy atom. The maximum atomic E-state index is 11.4. The summed E-state index contributed by atoms with van der Waals surface area (Å²) in [6, 6.07) is 7.11. The monoisotopic (exact) mass is 232 g/mol. The molecule has 0 saturated carbocycles. The molecule has 0 spiro atoms. The van der Waals surface area contributed by atoms with Gasteiger partial charge in [-0.15, -0.1) is 0 Å². The summed E-state index contributed by atoms with van der Waals surface area (Å²) in [5.74, 6) is -1.43. The minimum atomic E-state index is -1.02. The zero-order chi connectivity index (χ0) is 12.8. The molecule has 0 aliphatic carbocycles. The van der Waals surface area contributed by atoms with Crippen molar-refractivity contribution in [1.29, 1.82) is 5.26 Å². The van der Waals surface area contributed by atoms with E-state index in [4.69, 9.17) is 10.4 Å². The van der Waals surface area contributed by atoms with Gasteiger partial charge in [-0.1, -0.05) is 12.1 Å². The van der Waals surface area contributed by atoms with Gasteiger partial charge in [0.2, 0.25) is 5.91 Å². The number of nitriles is 1. The zero-order valence-corrected chi connectivity index (χ0v) is 9.36. The Morgan fingerprint density at radius 2 is 2.12 bits per heavy atom. The lowest BCUT2D eigenvalue weighted by Crippen LogP contribution is -2.14. The Kier molecular flexibility index (Phi) is 4.23. The quantitative estimate of drug-likeness (QED) is 0.826. The lowest BCUT2D eigenvalue weighted by molar-refractivity contribution is -0.138. The number of nitrogens with one attached hydrogen (secondary N) is 1. The molecule has 0 unspecified atom stereocenters. The summed E-state index contributed by atoms with van der Waals surface area (Å²) in [6.45, 7) is 1.77. The highest BCUT2D eigenvalue weighted by Gasteiger charge is 2.09. The lowest BCUT2D eigenvalue weighted by atomic mass is 10.1. The number of aliphatic carboxylic acids is 1. The molecule has 0 radical (unpaired) electrons. The van der Waals surface area contributed by atoms with Crippen LogP contribution in [0.25, 0.3) is 0 Å². The van der Waals surface area contributed by atoms with Gasteiger partial charge in [0.25, 0.3) is 0 Å². The summed E-state index contributed by atoms with van der Waals surface area (Å²) in [4.78, 5) is 21.7. The number of benzene rings is 1. The molecule has 1 amide bonds. The number of amides is 1. The van der Waals surface area contributed by atoms with Gasteiger partial charge in [0.1, 0.15) is 6.07 Å². The first-order chi connectivity index (χ1) is 8.04. The van der Waals surface area contributed by atoms with Gasteiger partial charge in [0, 0.05) is 6.42 Å². The number of carbonyl (C=O) groups excluding carboxylic acids is 1. The van der Waals surface area contributed by atoms with Gasteiger partial charge in [-0.3, -0.25) is 9.59 Å². The van der Waals surface area contributed by atoms with E-state index in [-0.39, 0.29) is 12.8 Å². The van der Waals surface area contributed by atoms with Crippen LogP contribution in [0.3, 0.4) is 0 Å². The number of carbonyl (C=O) groups is 2. The minimum absolute atomic E-state index is 0.103. The molecule has 0 aliphatic rings. The molecule has 0 aromatic heterocycles. The third-order valence-electron chi connectivity index (χ3n) is 2.22. The van der Waals surface area contributed by atoms with Crippen molar-refractivity contribution in [2.45, 2.75) is 19.8 Å². The van der Waals surface area contributed by atoms with E-state index in [1.165, 1.54) is 0 Å². The molecule has 5 heteroatoms. The molecule has 1 aromatic carbocycles. The maximum absolute atomic E-state index is 11.4. The lowest BCUT2D eigenvalue weighted by Gasteiger charge is -2.07. The number of carboxylic acids is 1. The van der Waals surface area contributed by atoms with Crippen LogP contribution in [0.4, 0.5) is 5.69 Å². The van der Waals surface area contributed by atoms with Crippen LogP contribution in [-0.4, -0.2) is 17.0 Å². The van der Waals surface area contributed by atoms with Gasteiger partial charge in [0.05, 0.1) is 17.7 Å². The van der Waals surface area contributed by atoms with E-state index in [0.29, 0.717) is 11.3 Å². The smallest absolute Gasteiger partial charge is 0.303 e. The van der Waals surface area contributed by atoms with Crippen molar-refractivity contribution in [3.63, 3.8) is 0 Å². The van der Waals surface area contributed by atoms with Crippen molar-refractivity contribution in [3.8, 4) is 6.07 Å². The molecular formula is C12H12N2O3. The Morgan fingerprint density at radius 1 is 1.41 bits per heavy atom. The second kappa shape index (κ2) is 5.66. The number of carboxylic acid groups (broad SMARTS) is 1. The van der Waals surface area contributed by atoms with Crippen molar-refractivity contribution < 1.29 is 14.7 Å². The molecule has 0 fully saturated rings. The Bertz CT molecular complexity index is 489. The van der Waals surface area contributed by atoms with Gasteiger partial charge in [-0.2, -0.15) is 5.26 Å². The Labute approximate surface area is 98.7 Å². The number of hydrogen-bond donors (Lipinski definition) is 2. The fourth-order valence-corrected chi connectivity index (χ4v) is 1.35. The van der Waals surface area contributed by atoms with Crippen LogP contribution >= 0.6 is 0 Å². The highest BCUT2D eigenvalue weighted by atomic mass is 16.4. The van der Waals surface area contributed by atoms with E-state index in [0.717, 1.165) is 5.56 Å². The van der Waals surface area contributed by atoms with Gasteiger partial charge in [-0.05, 0) is 18.6 Å². The summed E-state index contributed by atoms with van der Waals surface area (Å²) >= 11 is 0. The van der Waals surface area contributed by atoms with Crippen molar-refractivity contribution in [2.75, 3.05) is 5.32 Å².